The lowest BCUT2D eigenvalue weighted by Crippen LogP contribution is -2.43. The minimum absolute atomic E-state index is 0.00607. The molecule has 0 radical (unpaired) electrons. The fourth-order valence-electron chi connectivity index (χ4n) is 3.62. The van der Waals surface area contributed by atoms with Crippen molar-refractivity contribution in [1.29, 1.82) is 0 Å². The molecule has 0 aromatic carbocycles. The lowest BCUT2D eigenvalue weighted by molar-refractivity contribution is 0.169. The molecular formula is C21H31N3O2S. The van der Waals surface area contributed by atoms with Crippen molar-refractivity contribution in [3.63, 3.8) is 0 Å². The molecule has 148 valence electrons. The quantitative estimate of drug-likeness (QED) is 0.724. The second-order valence-electron chi connectivity index (χ2n) is 7.42. The van der Waals surface area contributed by atoms with E-state index < -0.39 is 0 Å². The van der Waals surface area contributed by atoms with Crippen LogP contribution in [0.3, 0.4) is 0 Å². The minimum atomic E-state index is -0.00607. The van der Waals surface area contributed by atoms with E-state index in [4.69, 9.17) is 4.42 Å². The number of nitrogens with one attached hydrogen (secondary N) is 1. The average Bonchev–Trinajstić information content (AvgIpc) is 3.32. The molecule has 1 N–H and O–H groups in total. The van der Waals surface area contributed by atoms with Gasteiger partial charge in [-0.3, -0.25) is 0 Å². The summed E-state index contributed by atoms with van der Waals surface area (Å²) < 4.78 is 5.46. The summed E-state index contributed by atoms with van der Waals surface area (Å²) in [6.07, 6.45) is 5.21. The summed E-state index contributed by atoms with van der Waals surface area (Å²) in [6, 6.07) is 7.99. The highest BCUT2D eigenvalue weighted by atomic mass is 32.1. The summed E-state index contributed by atoms with van der Waals surface area (Å²) in [6.45, 7) is 9.68. The molecule has 3 heterocycles. The maximum absolute atomic E-state index is 12.9. The highest BCUT2D eigenvalue weighted by Gasteiger charge is 2.21. The molecule has 3 rings (SSSR count). The molecule has 1 aliphatic heterocycles. The van der Waals surface area contributed by atoms with Crippen molar-refractivity contribution in [2.24, 2.45) is 5.92 Å². The van der Waals surface area contributed by atoms with Gasteiger partial charge in [-0.15, -0.1) is 11.3 Å². The van der Waals surface area contributed by atoms with Crippen molar-refractivity contribution < 1.29 is 9.21 Å². The normalized spacial score (nSPS) is 15.8. The molecule has 0 atom stereocenters. The first-order chi connectivity index (χ1) is 13.1. The highest BCUT2D eigenvalue weighted by Crippen LogP contribution is 2.20. The number of nitrogens with zero attached hydrogens (tertiary/aromatic N) is 2. The Morgan fingerprint density at radius 2 is 2.11 bits per heavy atom. The Kier molecular flexibility index (Phi) is 7.35. The summed E-state index contributed by atoms with van der Waals surface area (Å²) in [5, 5.41) is 3.17. The van der Waals surface area contributed by atoms with E-state index in [9.17, 15) is 4.79 Å². The SMILES string of the molecule is CCCN1CCC(CNC(=O)N(Cc2ccco2)Cc2ccc(C)s2)CC1. The number of urea groups is 1. The monoisotopic (exact) mass is 389 g/mol. The molecule has 1 saturated heterocycles. The molecule has 1 aliphatic rings. The van der Waals surface area contributed by atoms with Crippen LogP contribution in [-0.2, 0) is 13.1 Å². The molecule has 0 aliphatic carbocycles. The van der Waals surface area contributed by atoms with Crippen molar-refractivity contribution in [3.05, 3.63) is 46.0 Å². The standard InChI is InChI=1S/C21H31N3O2S/c1-3-10-23-11-8-18(9-12-23)14-22-21(25)24(15-19-5-4-13-26-19)16-20-7-6-17(2)27-20/h4-7,13,18H,3,8-12,14-16H2,1-2H3,(H,22,25). The first-order valence-electron chi connectivity index (χ1n) is 9.97. The van der Waals surface area contributed by atoms with Crippen LogP contribution in [0.4, 0.5) is 4.79 Å². The van der Waals surface area contributed by atoms with Gasteiger partial charge in [-0.2, -0.15) is 0 Å². The molecule has 0 spiro atoms. The first-order valence-corrected chi connectivity index (χ1v) is 10.8. The van der Waals surface area contributed by atoms with Crippen LogP contribution in [0, 0.1) is 12.8 Å². The summed E-state index contributed by atoms with van der Waals surface area (Å²) in [5.74, 6) is 1.39. The maximum atomic E-state index is 12.9. The Morgan fingerprint density at radius 3 is 2.74 bits per heavy atom. The number of thiophene rings is 1. The van der Waals surface area contributed by atoms with Gasteiger partial charge in [-0.1, -0.05) is 6.92 Å². The molecule has 1 fully saturated rings. The fraction of sp³-hybridized carbons (Fsp3) is 0.571. The minimum Gasteiger partial charge on any atom is -0.467 e. The van der Waals surface area contributed by atoms with E-state index in [1.165, 1.54) is 35.6 Å². The predicted molar refractivity (Wildman–Crippen MR) is 110 cm³/mol. The Bertz CT molecular complexity index is 690. The van der Waals surface area contributed by atoms with Gasteiger partial charge < -0.3 is 19.5 Å². The number of hydrogen-bond donors (Lipinski definition) is 1. The first kappa shape index (κ1) is 20.0. The van der Waals surface area contributed by atoms with Gasteiger partial charge in [0.15, 0.2) is 0 Å². The molecule has 0 unspecified atom stereocenters. The Morgan fingerprint density at radius 1 is 1.30 bits per heavy atom. The van der Waals surface area contributed by atoms with Gasteiger partial charge in [0.05, 0.1) is 19.4 Å². The van der Waals surface area contributed by atoms with Gasteiger partial charge in [-0.05, 0) is 76.0 Å². The summed E-state index contributed by atoms with van der Waals surface area (Å²) in [5.41, 5.74) is 0. The van der Waals surface area contributed by atoms with Crippen LogP contribution in [0.15, 0.2) is 34.9 Å². The number of hydrogen-bond acceptors (Lipinski definition) is 4. The van der Waals surface area contributed by atoms with Gasteiger partial charge >= 0.3 is 6.03 Å². The van der Waals surface area contributed by atoms with Crippen molar-refractivity contribution in [1.82, 2.24) is 15.1 Å². The third-order valence-corrected chi connectivity index (χ3v) is 6.13. The van der Waals surface area contributed by atoms with Gasteiger partial charge in [0.25, 0.3) is 0 Å². The van der Waals surface area contributed by atoms with E-state index in [1.54, 1.807) is 17.6 Å². The van der Waals surface area contributed by atoms with Crippen LogP contribution >= 0.6 is 11.3 Å². The zero-order chi connectivity index (χ0) is 19.1. The lowest BCUT2D eigenvalue weighted by Gasteiger charge is -2.32. The number of rotatable bonds is 8. The van der Waals surface area contributed by atoms with E-state index >= 15 is 0 Å². The van der Waals surface area contributed by atoms with Crippen molar-refractivity contribution >= 4 is 17.4 Å². The number of likely N-dealkylation sites (tertiary alicyclic amines) is 1. The number of aryl methyl sites for hydroxylation is 1. The molecule has 6 heteroatoms. The van der Waals surface area contributed by atoms with E-state index in [2.05, 4.69) is 36.2 Å². The highest BCUT2D eigenvalue weighted by molar-refractivity contribution is 7.11. The Hall–Kier alpha value is -1.79. The van der Waals surface area contributed by atoms with Crippen LogP contribution in [0.5, 0.6) is 0 Å². The lowest BCUT2D eigenvalue weighted by atomic mass is 9.97. The van der Waals surface area contributed by atoms with Crippen LogP contribution in [0.1, 0.15) is 41.7 Å². The second kappa shape index (κ2) is 9.95. The van der Waals surface area contributed by atoms with Crippen molar-refractivity contribution in [2.45, 2.75) is 46.2 Å². The molecule has 27 heavy (non-hydrogen) atoms. The third-order valence-electron chi connectivity index (χ3n) is 5.15. The van der Waals surface area contributed by atoms with E-state index in [0.29, 0.717) is 19.0 Å². The molecule has 5 nitrogen and oxygen atoms in total. The average molecular weight is 390 g/mol. The molecule has 2 aromatic rings. The summed E-state index contributed by atoms with van der Waals surface area (Å²) in [7, 11) is 0. The second-order valence-corrected chi connectivity index (χ2v) is 8.79. The molecular weight excluding hydrogens is 358 g/mol. The summed E-state index contributed by atoms with van der Waals surface area (Å²) >= 11 is 1.74. The number of piperidine rings is 1. The largest absolute Gasteiger partial charge is 0.467 e. The van der Waals surface area contributed by atoms with Crippen LogP contribution in [0.2, 0.25) is 0 Å². The zero-order valence-electron chi connectivity index (χ0n) is 16.4. The Labute approximate surface area is 166 Å². The van der Waals surface area contributed by atoms with Crippen molar-refractivity contribution in [2.75, 3.05) is 26.2 Å². The third kappa shape index (κ3) is 6.11. The Balaban J connectivity index is 1.52. The maximum Gasteiger partial charge on any atom is 0.318 e. The smallest absolute Gasteiger partial charge is 0.318 e. The van der Waals surface area contributed by atoms with E-state index in [1.807, 2.05) is 17.0 Å². The number of carbonyl (C=O) groups excluding carboxylic acids is 1. The molecule has 2 amide bonds. The number of carbonyl (C=O) groups is 1. The summed E-state index contributed by atoms with van der Waals surface area (Å²) in [4.78, 5) is 19.7. The number of amides is 2. The van der Waals surface area contributed by atoms with E-state index in [-0.39, 0.29) is 6.03 Å². The van der Waals surface area contributed by atoms with Crippen LogP contribution in [-0.4, -0.2) is 42.0 Å². The molecule has 0 bridgehead atoms. The topological polar surface area (TPSA) is 48.7 Å². The van der Waals surface area contributed by atoms with Crippen LogP contribution in [0.25, 0.3) is 0 Å². The fourth-order valence-corrected chi connectivity index (χ4v) is 4.53. The van der Waals surface area contributed by atoms with Gasteiger partial charge in [0.2, 0.25) is 0 Å². The molecule has 0 saturated carbocycles. The van der Waals surface area contributed by atoms with Gasteiger partial charge in [-0.25, -0.2) is 4.79 Å². The van der Waals surface area contributed by atoms with Crippen LogP contribution < -0.4 is 5.32 Å². The van der Waals surface area contributed by atoms with E-state index in [0.717, 1.165) is 25.4 Å². The van der Waals surface area contributed by atoms with Gasteiger partial charge in [0, 0.05) is 16.3 Å². The van der Waals surface area contributed by atoms with Gasteiger partial charge in [0.1, 0.15) is 5.76 Å². The predicted octanol–water partition coefficient (Wildman–Crippen LogP) is 4.48. The zero-order valence-corrected chi connectivity index (χ0v) is 17.3. The number of furan rings is 1. The molecule has 2 aromatic heterocycles. The van der Waals surface area contributed by atoms with Crippen molar-refractivity contribution in [3.8, 4) is 0 Å².